The van der Waals surface area contributed by atoms with E-state index in [0.29, 0.717) is 6.54 Å². The van der Waals surface area contributed by atoms with Crippen LogP contribution in [0.3, 0.4) is 0 Å². The number of fused-ring (bicyclic) bond motifs is 1. The minimum Gasteiger partial charge on any atom is -0.378 e. The molecule has 0 radical (unpaired) electrons. The fraction of sp³-hybridized carbons (Fsp3) is 0.292. The highest BCUT2D eigenvalue weighted by Gasteiger charge is 2.14. The van der Waals surface area contributed by atoms with Gasteiger partial charge in [-0.25, -0.2) is 0 Å². The molecule has 0 saturated carbocycles. The number of hydrogen-bond acceptors (Lipinski definition) is 3. The summed E-state index contributed by atoms with van der Waals surface area (Å²) in [5.74, 6) is 0.0295. The van der Waals surface area contributed by atoms with Crippen molar-refractivity contribution in [1.29, 1.82) is 0 Å². The van der Waals surface area contributed by atoms with Crippen molar-refractivity contribution in [3.8, 4) is 0 Å². The first-order valence-electron chi connectivity index (χ1n) is 10.2. The van der Waals surface area contributed by atoms with Crippen LogP contribution in [0, 0.1) is 0 Å². The van der Waals surface area contributed by atoms with Crippen molar-refractivity contribution in [2.24, 2.45) is 0 Å². The van der Waals surface area contributed by atoms with Crippen molar-refractivity contribution in [2.75, 3.05) is 50.1 Å². The number of carbonyl (C=O) groups is 1. The average molecular weight is 391 g/mol. The van der Waals surface area contributed by atoms with Crippen LogP contribution in [0.1, 0.15) is 5.56 Å². The minimum absolute atomic E-state index is 0.0295. The Labute approximate surface area is 171 Å². The molecule has 1 amide bonds. The number of ether oxygens (including phenoxy) is 1. The van der Waals surface area contributed by atoms with Gasteiger partial charge in [0.05, 0.1) is 20.3 Å². The zero-order valence-electron chi connectivity index (χ0n) is 16.9. The first-order valence-corrected chi connectivity index (χ1v) is 10.2. The summed E-state index contributed by atoms with van der Waals surface area (Å²) in [6.07, 6.45) is 0. The predicted octanol–water partition coefficient (Wildman–Crippen LogP) is 2.33. The summed E-state index contributed by atoms with van der Waals surface area (Å²) in [4.78, 5) is 16.0. The van der Waals surface area contributed by atoms with E-state index in [1.54, 1.807) is 0 Å². The topological polar surface area (TPSA) is 46.0 Å². The highest BCUT2D eigenvalue weighted by Crippen LogP contribution is 2.19. The van der Waals surface area contributed by atoms with E-state index in [1.807, 2.05) is 12.1 Å². The molecule has 4 rings (SSSR count). The van der Waals surface area contributed by atoms with Crippen LogP contribution in [0.25, 0.3) is 10.8 Å². The quantitative estimate of drug-likeness (QED) is 0.679. The molecule has 1 unspecified atom stereocenters. The molecule has 1 saturated heterocycles. The van der Waals surface area contributed by atoms with Gasteiger partial charge >= 0.3 is 0 Å². The molecule has 1 aliphatic heterocycles. The molecule has 0 aliphatic carbocycles. The largest absolute Gasteiger partial charge is 0.378 e. The molecule has 1 aliphatic rings. The van der Waals surface area contributed by atoms with Crippen LogP contribution >= 0.6 is 0 Å². The Kier molecular flexibility index (Phi) is 6.08. The maximum atomic E-state index is 12.5. The van der Waals surface area contributed by atoms with Gasteiger partial charge in [-0.15, -0.1) is 0 Å². The van der Waals surface area contributed by atoms with Crippen molar-refractivity contribution in [3.05, 3.63) is 72.3 Å². The van der Waals surface area contributed by atoms with Crippen molar-refractivity contribution in [3.63, 3.8) is 0 Å². The molecule has 0 aromatic heterocycles. The van der Waals surface area contributed by atoms with Gasteiger partial charge in [-0.3, -0.25) is 4.79 Å². The number of nitrogens with zero attached hydrogens (tertiary/aromatic N) is 1. The number of benzene rings is 3. The van der Waals surface area contributed by atoms with Crippen LogP contribution < -0.4 is 15.1 Å². The second kappa shape index (κ2) is 9.07. The molecule has 29 heavy (non-hydrogen) atoms. The molecule has 5 heteroatoms. The first-order chi connectivity index (χ1) is 14.2. The SMILES string of the molecule is C[NH+](CC(=O)Nc1ccc(N2CCOCC2)cc1)Cc1cccc2ccccc12. The summed E-state index contributed by atoms with van der Waals surface area (Å²) < 4.78 is 5.40. The molecule has 0 bridgehead atoms. The normalized spacial score (nSPS) is 15.3. The molecule has 5 nitrogen and oxygen atoms in total. The van der Waals surface area contributed by atoms with Crippen LogP contribution in [0.4, 0.5) is 11.4 Å². The lowest BCUT2D eigenvalue weighted by Gasteiger charge is -2.28. The van der Waals surface area contributed by atoms with Gasteiger partial charge in [0.2, 0.25) is 0 Å². The molecule has 1 fully saturated rings. The molecule has 0 spiro atoms. The zero-order valence-corrected chi connectivity index (χ0v) is 16.9. The van der Waals surface area contributed by atoms with E-state index in [0.717, 1.165) is 43.4 Å². The zero-order chi connectivity index (χ0) is 20.1. The van der Waals surface area contributed by atoms with Gasteiger partial charge in [-0.2, -0.15) is 0 Å². The second-order valence-electron chi connectivity index (χ2n) is 7.64. The van der Waals surface area contributed by atoms with Gasteiger partial charge in [0.25, 0.3) is 5.91 Å². The number of morpholine rings is 1. The van der Waals surface area contributed by atoms with Crippen LogP contribution in [-0.4, -0.2) is 45.8 Å². The lowest BCUT2D eigenvalue weighted by atomic mass is 10.0. The molecule has 150 valence electrons. The molecular formula is C24H28N3O2+. The number of likely N-dealkylation sites (N-methyl/N-ethyl adjacent to an activating group) is 1. The van der Waals surface area contributed by atoms with E-state index in [-0.39, 0.29) is 5.91 Å². The average Bonchev–Trinajstić information content (AvgIpc) is 2.75. The third kappa shape index (κ3) is 4.94. The Morgan fingerprint density at radius 1 is 1.00 bits per heavy atom. The van der Waals surface area contributed by atoms with Crippen molar-refractivity contribution in [1.82, 2.24) is 0 Å². The molecular weight excluding hydrogens is 362 g/mol. The summed E-state index contributed by atoms with van der Waals surface area (Å²) in [7, 11) is 2.06. The summed E-state index contributed by atoms with van der Waals surface area (Å²) in [6.45, 7) is 4.59. The summed E-state index contributed by atoms with van der Waals surface area (Å²) >= 11 is 0. The number of nitrogens with one attached hydrogen (secondary N) is 2. The maximum Gasteiger partial charge on any atom is 0.279 e. The Hall–Kier alpha value is -2.89. The Balaban J connectivity index is 1.33. The lowest BCUT2D eigenvalue weighted by molar-refractivity contribution is -0.885. The highest BCUT2D eigenvalue weighted by molar-refractivity contribution is 5.91. The Morgan fingerprint density at radius 3 is 2.52 bits per heavy atom. The van der Waals surface area contributed by atoms with Gasteiger partial charge in [0.1, 0.15) is 6.54 Å². The number of anilines is 2. The predicted molar refractivity (Wildman–Crippen MR) is 118 cm³/mol. The second-order valence-corrected chi connectivity index (χ2v) is 7.64. The van der Waals surface area contributed by atoms with E-state index >= 15 is 0 Å². The van der Waals surface area contributed by atoms with Crippen LogP contribution in [-0.2, 0) is 16.1 Å². The van der Waals surface area contributed by atoms with Crippen LogP contribution in [0.5, 0.6) is 0 Å². The lowest BCUT2D eigenvalue weighted by Crippen LogP contribution is -3.08. The van der Waals surface area contributed by atoms with Gasteiger partial charge in [0, 0.05) is 30.0 Å². The van der Waals surface area contributed by atoms with Gasteiger partial charge in [-0.05, 0) is 35.0 Å². The van der Waals surface area contributed by atoms with Crippen LogP contribution in [0.2, 0.25) is 0 Å². The number of amides is 1. The van der Waals surface area contributed by atoms with E-state index in [2.05, 4.69) is 71.9 Å². The molecule has 2 N–H and O–H groups in total. The summed E-state index contributed by atoms with van der Waals surface area (Å²) in [5, 5.41) is 5.52. The highest BCUT2D eigenvalue weighted by atomic mass is 16.5. The number of quaternary nitrogens is 1. The first kappa shape index (κ1) is 19.4. The van der Waals surface area contributed by atoms with Crippen molar-refractivity contribution in [2.45, 2.75) is 6.54 Å². The van der Waals surface area contributed by atoms with Gasteiger partial charge in [0.15, 0.2) is 6.54 Å². The Morgan fingerprint density at radius 2 is 1.72 bits per heavy atom. The summed E-state index contributed by atoms with van der Waals surface area (Å²) in [6, 6.07) is 22.8. The third-order valence-corrected chi connectivity index (χ3v) is 5.36. The fourth-order valence-corrected chi connectivity index (χ4v) is 3.89. The van der Waals surface area contributed by atoms with Gasteiger partial charge < -0.3 is 19.9 Å². The van der Waals surface area contributed by atoms with Crippen molar-refractivity contribution >= 4 is 28.1 Å². The standard InChI is InChI=1S/C24H27N3O2/c1-26(17-20-7-4-6-19-5-2-3-8-23(19)20)18-24(28)25-21-9-11-22(12-10-21)27-13-15-29-16-14-27/h2-12H,13-18H2,1H3,(H,25,28)/p+1. The van der Waals surface area contributed by atoms with E-state index in [1.165, 1.54) is 22.0 Å². The molecule has 3 aromatic carbocycles. The smallest absolute Gasteiger partial charge is 0.279 e. The number of carbonyl (C=O) groups excluding carboxylic acids is 1. The molecule has 1 atom stereocenters. The fourth-order valence-electron chi connectivity index (χ4n) is 3.89. The maximum absolute atomic E-state index is 12.5. The van der Waals surface area contributed by atoms with Crippen LogP contribution in [0.15, 0.2) is 66.7 Å². The van der Waals surface area contributed by atoms with Gasteiger partial charge in [-0.1, -0.05) is 42.5 Å². The third-order valence-electron chi connectivity index (χ3n) is 5.36. The number of hydrogen-bond donors (Lipinski definition) is 2. The summed E-state index contributed by atoms with van der Waals surface area (Å²) in [5.41, 5.74) is 3.28. The molecule has 3 aromatic rings. The van der Waals surface area contributed by atoms with Crippen molar-refractivity contribution < 1.29 is 14.4 Å². The van der Waals surface area contributed by atoms with E-state index < -0.39 is 0 Å². The van der Waals surface area contributed by atoms with E-state index in [4.69, 9.17) is 4.74 Å². The monoisotopic (exact) mass is 390 g/mol. The minimum atomic E-state index is 0.0295. The van der Waals surface area contributed by atoms with E-state index in [9.17, 15) is 4.79 Å². The number of rotatable bonds is 6. The molecule has 1 heterocycles. The Bertz CT molecular complexity index is 960.